The highest BCUT2D eigenvalue weighted by Gasteiger charge is 2.26. The lowest BCUT2D eigenvalue weighted by atomic mass is 9.89. The molecule has 0 atom stereocenters. The Labute approximate surface area is 195 Å². The van der Waals surface area contributed by atoms with Gasteiger partial charge in [-0.05, 0) is 60.0 Å². The van der Waals surface area contributed by atoms with Gasteiger partial charge in [0.05, 0.1) is 15.6 Å². The summed E-state index contributed by atoms with van der Waals surface area (Å²) in [6.07, 6.45) is 3.95. The molecule has 32 heavy (non-hydrogen) atoms. The van der Waals surface area contributed by atoms with Crippen molar-refractivity contribution in [2.75, 3.05) is 18.4 Å². The van der Waals surface area contributed by atoms with E-state index in [1.165, 1.54) is 22.3 Å². The van der Waals surface area contributed by atoms with Crippen molar-refractivity contribution in [3.05, 3.63) is 87.2 Å². The second-order valence-electron chi connectivity index (χ2n) is 7.98. The number of rotatable bonds is 4. The summed E-state index contributed by atoms with van der Waals surface area (Å²) in [5.74, 6) is 0.165. The number of aromatic nitrogens is 1. The number of fused-ring (bicyclic) bond motifs is 1. The first-order valence-electron chi connectivity index (χ1n) is 10.6. The lowest BCUT2D eigenvalue weighted by molar-refractivity contribution is 0.0713. The Bertz CT molecular complexity index is 1270. The molecule has 2 aromatic carbocycles. The molecular formula is C25H22ClN3O2S. The van der Waals surface area contributed by atoms with Gasteiger partial charge in [0.1, 0.15) is 0 Å². The minimum absolute atomic E-state index is 0.0364. The van der Waals surface area contributed by atoms with Gasteiger partial charge >= 0.3 is 0 Å². The Morgan fingerprint density at radius 2 is 1.88 bits per heavy atom. The number of halogens is 1. The van der Waals surface area contributed by atoms with E-state index in [0.717, 1.165) is 18.4 Å². The molecule has 4 aromatic rings. The average Bonchev–Trinajstić information content (AvgIpc) is 3.51. The molecular weight excluding hydrogens is 442 g/mol. The van der Waals surface area contributed by atoms with Crippen LogP contribution in [0.1, 0.15) is 44.4 Å². The Kier molecular flexibility index (Phi) is 5.72. The summed E-state index contributed by atoms with van der Waals surface area (Å²) in [7, 11) is 0. The normalized spacial score (nSPS) is 14.6. The van der Waals surface area contributed by atoms with Crippen LogP contribution in [0.25, 0.3) is 10.9 Å². The van der Waals surface area contributed by atoms with Crippen LogP contribution in [0.4, 0.5) is 5.69 Å². The van der Waals surface area contributed by atoms with Crippen molar-refractivity contribution in [2.24, 2.45) is 0 Å². The second kappa shape index (κ2) is 8.81. The van der Waals surface area contributed by atoms with Crippen molar-refractivity contribution in [1.82, 2.24) is 9.88 Å². The van der Waals surface area contributed by atoms with Crippen LogP contribution in [0.15, 0.2) is 66.2 Å². The van der Waals surface area contributed by atoms with Gasteiger partial charge in [-0.25, -0.2) is 0 Å². The number of aromatic amines is 1. The molecule has 1 fully saturated rings. The summed E-state index contributed by atoms with van der Waals surface area (Å²) < 4.78 is 0. The number of carbonyl (C=O) groups excluding carboxylic acids is 2. The molecule has 3 heterocycles. The van der Waals surface area contributed by atoms with Crippen LogP contribution < -0.4 is 5.32 Å². The number of para-hydroxylation sites is 1. The van der Waals surface area contributed by atoms with E-state index >= 15 is 0 Å². The van der Waals surface area contributed by atoms with E-state index in [-0.39, 0.29) is 11.8 Å². The fourth-order valence-electron chi connectivity index (χ4n) is 4.35. The van der Waals surface area contributed by atoms with Gasteiger partial charge in [0.2, 0.25) is 0 Å². The summed E-state index contributed by atoms with van der Waals surface area (Å²) in [5.41, 5.74) is 3.46. The number of piperidine rings is 1. The zero-order chi connectivity index (χ0) is 22.1. The van der Waals surface area contributed by atoms with Crippen LogP contribution in [0.3, 0.4) is 0 Å². The van der Waals surface area contributed by atoms with Crippen molar-refractivity contribution >= 4 is 51.3 Å². The first-order valence-corrected chi connectivity index (χ1v) is 11.9. The van der Waals surface area contributed by atoms with Crippen molar-refractivity contribution in [3.8, 4) is 0 Å². The highest BCUT2D eigenvalue weighted by Crippen LogP contribution is 2.34. The van der Waals surface area contributed by atoms with Gasteiger partial charge in [0, 0.05) is 35.8 Å². The first-order chi connectivity index (χ1) is 15.6. The Hall–Kier alpha value is -3.09. The third-order valence-corrected chi connectivity index (χ3v) is 7.25. The fraction of sp³-hybridized carbons (Fsp3) is 0.200. The summed E-state index contributed by atoms with van der Waals surface area (Å²) in [6.45, 7) is 1.39. The van der Waals surface area contributed by atoms with Gasteiger partial charge in [0.25, 0.3) is 11.8 Å². The van der Waals surface area contributed by atoms with E-state index in [9.17, 15) is 9.59 Å². The van der Waals surface area contributed by atoms with Crippen molar-refractivity contribution in [3.63, 3.8) is 0 Å². The zero-order valence-corrected chi connectivity index (χ0v) is 18.9. The molecule has 0 unspecified atom stereocenters. The van der Waals surface area contributed by atoms with Crippen LogP contribution in [0.2, 0.25) is 5.02 Å². The number of H-pyrrole nitrogens is 1. The van der Waals surface area contributed by atoms with Gasteiger partial charge in [-0.2, -0.15) is 0 Å². The number of nitrogens with zero attached hydrogens (tertiary/aromatic N) is 1. The van der Waals surface area contributed by atoms with Gasteiger partial charge in [0.15, 0.2) is 0 Å². The number of nitrogens with one attached hydrogen (secondary N) is 2. The molecule has 5 rings (SSSR count). The Balaban J connectivity index is 1.27. The van der Waals surface area contributed by atoms with E-state index in [0.29, 0.717) is 40.2 Å². The highest BCUT2D eigenvalue weighted by atomic mass is 35.5. The molecule has 2 amide bonds. The maximum atomic E-state index is 13.1. The molecule has 1 saturated heterocycles. The Morgan fingerprint density at radius 1 is 1.06 bits per heavy atom. The van der Waals surface area contributed by atoms with Gasteiger partial charge in [-0.1, -0.05) is 35.9 Å². The maximum Gasteiger partial charge on any atom is 0.265 e. The molecule has 0 radical (unpaired) electrons. The van der Waals surface area contributed by atoms with Gasteiger partial charge < -0.3 is 15.2 Å². The number of hydrogen-bond donors (Lipinski definition) is 2. The number of carbonyl (C=O) groups is 2. The molecule has 5 nitrogen and oxygen atoms in total. The lowest BCUT2D eigenvalue weighted by Gasteiger charge is -2.32. The highest BCUT2D eigenvalue weighted by molar-refractivity contribution is 7.12. The van der Waals surface area contributed by atoms with Crippen LogP contribution >= 0.6 is 22.9 Å². The molecule has 0 bridgehead atoms. The topological polar surface area (TPSA) is 65.2 Å². The van der Waals surface area contributed by atoms with E-state index < -0.39 is 0 Å². The molecule has 1 aliphatic rings. The number of anilines is 1. The number of hydrogen-bond acceptors (Lipinski definition) is 3. The predicted molar refractivity (Wildman–Crippen MR) is 130 cm³/mol. The van der Waals surface area contributed by atoms with E-state index in [1.54, 1.807) is 24.3 Å². The largest absolute Gasteiger partial charge is 0.361 e. The quantitative estimate of drug-likeness (QED) is 0.381. The monoisotopic (exact) mass is 463 g/mol. The SMILES string of the molecule is O=C(Nc1cc(C(=O)N2CCC(c3c[nH]c4ccccc34)CC2)ccc1Cl)c1cccs1. The number of likely N-dealkylation sites (tertiary alicyclic amines) is 1. The molecule has 1 aliphatic heterocycles. The molecule has 0 aliphatic carbocycles. The molecule has 0 spiro atoms. The lowest BCUT2D eigenvalue weighted by Crippen LogP contribution is -2.37. The molecule has 0 saturated carbocycles. The van der Waals surface area contributed by atoms with E-state index in [4.69, 9.17) is 11.6 Å². The molecule has 2 aromatic heterocycles. The Morgan fingerprint density at radius 3 is 2.66 bits per heavy atom. The van der Waals surface area contributed by atoms with E-state index in [1.807, 2.05) is 22.4 Å². The average molecular weight is 464 g/mol. The third-order valence-electron chi connectivity index (χ3n) is 6.05. The van der Waals surface area contributed by atoms with Crippen LogP contribution in [0, 0.1) is 0 Å². The predicted octanol–water partition coefficient (Wildman–Crippen LogP) is 6.15. The number of thiophene rings is 1. The third kappa shape index (κ3) is 4.04. The van der Waals surface area contributed by atoms with Crippen molar-refractivity contribution in [1.29, 1.82) is 0 Å². The summed E-state index contributed by atoms with van der Waals surface area (Å²) in [6, 6.07) is 17.0. The van der Waals surface area contributed by atoms with Crippen LogP contribution in [0.5, 0.6) is 0 Å². The van der Waals surface area contributed by atoms with E-state index in [2.05, 4.69) is 34.7 Å². The van der Waals surface area contributed by atoms with Crippen molar-refractivity contribution < 1.29 is 9.59 Å². The van der Waals surface area contributed by atoms with Gasteiger partial charge in [-0.3, -0.25) is 9.59 Å². The fourth-order valence-corrected chi connectivity index (χ4v) is 5.14. The minimum Gasteiger partial charge on any atom is -0.361 e. The second-order valence-corrected chi connectivity index (χ2v) is 9.34. The van der Waals surface area contributed by atoms with Crippen molar-refractivity contribution in [2.45, 2.75) is 18.8 Å². The summed E-state index contributed by atoms with van der Waals surface area (Å²) in [5, 5.41) is 6.33. The maximum absolute atomic E-state index is 13.1. The minimum atomic E-state index is -0.231. The molecule has 162 valence electrons. The number of amides is 2. The van der Waals surface area contributed by atoms with Crippen LogP contribution in [-0.2, 0) is 0 Å². The standard InChI is InChI=1S/C25H22ClN3O2S/c26-20-8-7-17(14-22(20)28-24(30)23-6-3-13-32-23)25(31)29-11-9-16(10-12-29)19-15-27-21-5-2-1-4-18(19)21/h1-8,13-16,27H,9-12H2,(H,28,30). The van der Waals surface area contributed by atoms with Gasteiger partial charge in [-0.15, -0.1) is 11.3 Å². The summed E-state index contributed by atoms with van der Waals surface area (Å²) >= 11 is 7.63. The molecule has 7 heteroatoms. The smallest absolute Gasteiger partial charge is 0.265 e. The van der Waals surface area contributed by atoms with Crippen LogP contribution in [-0.4, -0.2) is 34.8 Å². The molecule has 2 N–H and O–H groups in total. The number of benzene rings is 2. The first kappa shape index (κ1) is 20.8. The zero-order valence-electron chi connectivity index (χ0n) is 17.3. The summed E-state index contributed by atoms with van der Waals surface area (Å²) in [4.78, 5) is 31.4.